The first-order chi connectivity index (χ1) is 13.0. The van der Waals surface area contributed by atoms with Crippen molar-refractivity contribution in [1.29, 1.82) is 0 Å². The molecule has 1 aromatic carbocycles. The zero-order valence-electron chi connectivity index (χ0n) is 16.7. The fourth-order valence-electron chi connectivity index (χ4n) is 4.50. The van der Waals surface area contributed by atoms with Crippen LogP contribution in [0, 0.1) is 13.8 Å². The van der Waals surface area contributed by atoms with Gasteiger partial charge in [0, 0.05) is 37.1 Å². The molecule has 0 aliphatic carbocycles. The Morgan fingerprint density at radius 1 is 1.26 bits per heavy atom. The number of fused-ring (bicyclic) bond motifs is 3. The maximum atomic E-state index is 12.7. The molecule has 0 spiro atoms. The molecule has 1 unspecified atom stereocenters. The largest absolute Gasteiger partial charge is 0.350 e. The normalized spacial score (nSPS) is 18.1. The van der Waals surface area contributed by atoms with Gasteiger partial charge in [-0.3, -0.25) is 4.90 Å². The van der Waals surface area contributed by atoms with E-state index in [1.807, 2.05) is 0 Å². The van der Waals surface area contributed by atoms with E-state index in [4.69, 9.17) is 0 Å². The van der Waals surface area contributed by atoms with Crippen molar-refractivity contribution in [1.82, 2.24) is 24.4 Å². The number of benzene rings is 1. The molecule has 0 bridgehead atoms. The van der Waals surface area contributed by atoms with Crippen molar-refractivity contribution in [3.8, 4) is 0 Å². The van der Waals surface area contributed by atoms with Crippen LogP contribution in [0.5, 0.6) is 0 Å². The molecule has 0 radical (unpaired) electrons. The molecule has 0 amide bonds. The molecule has 144 valence electrons. The van der Waals surface area contributed by atoms with Gasteiger partial charge in [-0.2, -0.15) is 0 Å². The quantitative estimate of drug-likeness (QED) is 0.752. The van der Waals surface area contributed by atoms with Crippen molar-refractivity contribution in [2.75, 3.05) is 19.6 Å². The van der Waals surface area contributed by atoms with Crippen LogP contribution in [0.1, 0.15) is 36.5 Å². The molecule has 3 heterocycles. The van der Waals surface area contributed by atoms with Gasteiger partial charge < -0.3 is 5.32 Å². The Balaban J connectivity index is 1.71. The third kappa shape index (κ3) is 3.17. The maximum absolute atomic E-state index is 12.7. The summed E-state index contributed by atoms with van der Waals surface area (Å²) in [5, 5.41) is 9.26. The van der Waals surface area contributed by atoms with Crippen molar-refractivity contribution in [3.05, 3.63) is 45.4 Å². The van der Waals surface area contributed by atoms with E-state index < -0.39 is 0 Å². The van der Waals surface area contributed by atoms with Gasteiger partial charge >= 0.3 is 5.69 Å². The molecular formula is C21H29N5O. The van der Waals surface area contributed by atoms with E-state index >= 15 is 0 Å². The maximum Gasteiger partial charge on any atom is 0.350 e. The van der Waals surface area contributed by atoms with Crippen molar-refractivity contribution < 1.29 is 0 Å². The number of pyridine rings is 1. The third-order valence-electron chi connectivity index (χ3n) is 5.88. The molecule has 4 rings (SSSR count). The molecule has 1 N–H and O–H groups in total. The number of likely N-dealkylation sites (tertiary alicyclic amines) is 1. The summed E-state index contributed by atoms with van der Waals surface area (Å²) in [5.74, 6) is 0. The highest BCUT2D eigenvalue weighted by molar-refractivity contribution is 5.87. The molecule has 1 saturated heterocycles. The van der Waals surface area contributed by atoms with Gasteiger partial charge in [-0.15, -0.1) is 5.10 Å². The van der Waals surface area contributed by atoms with Crippen LogP contribution >= 0.6 is 0 Å². The van der Waals surface area contributed by atoms with E-state index in [9.17, 15) is 4.79 Å². The number of rotatable bonds is 5. The number of nitrogens with zero attached hydrogens (tertiary/aromatic N) is 4. The first kappa shape index (κ1) is 18.2. The van der Waals surface area contributed by atoms with Crippen LogP contribution < -0.4 is 11.0 Å². The number of likely N-dealkylation sites (N-methyl/N-ethyl adjacent to an activating group) is 1. The van der Waals surface area contributed by atoms with Gasteiger partial charge in [0.05, 0.1) is 5.52 Å². The molecule has 0 saturated carbocycles. The number of aryl methyl sites for hydroxylation is 3. The molecule has 1 fully saturated rings. The average molecular weight is 367 g/mol. The highest BCUT2D eigenvalue weighted by Crippen LogP contribution is 2.24. The zero-order chi connectivity index (χ0) is 19.1. The van der Waals surface area contributed by atoms with Crippen LogP contribution in [0.2, 0.25) is 0 Å². The van der Waals surface area contributed by atoms with Crippen LogP contribution in [0.15, 0.2) is 23.0 Å². The molecular weight excluding hydrogens is 338 g/mol. The van der Waals surface area contributed by atoms with Crippen LogP contribution in [0.3, 0.4) is 0 Å². The Morgan fingerprint density at radius 3 is 2.85 bits per heavy atom. The van der Waals surface area contributed by atoms with Gasteiger partial charge in [-0.05, 0) is 63.0 Å². The summed E-state index contributed by atoms with van der Waals surface area (Å²) in [6.07, 6.45) is 2.55. The van der Waals surface area contributed by atoms with Gasteiger partial charge in [0.1, 0.15) is 0 Å². The molecule has 3 aromatic rings. The second-order valence-corrected chi connectivity index (χ2v) is 7.80. The van der Waals surface area contributed by atoms with E-state index in [2.05, 4.69) is 54.3 Å². The second-order valence-electron chi connectivity index (χ2n) is 7.80. The Bertz CT molecular complexity index is 1050. The van der Waals surface area contributed by atoms with Gasteiger partial charge in [0.25, 0.3) is 0 Å². The third-order valence-corrected chi connectivity index (χ3v) is 5.88. The van der Waals surface area contributed by atoms with Gasteiger partial charge in [-0.1, -0.05) is 13.0 Å². The monoisotopic (exact) mass is 367 g/mol. The Morgan fingerprint density at radius 2 is 2.07 bits per heavy atom. The van der Waals surface area contributed by atoms with E-state index in [-0.39, 0.29) is 5.69 Å². The van der Waals surface area contributed by atoms with Crippen LogP contribution in [0.4, 0.5) is 0 Å². The summed E-state index contributed by atoms with van der Waals surface area (Å²) in [5.41, 5.74) is 5.03. The first-order valence-corrected chi connectivity index (χ1v) is 9.93. The second kappa shape index (κ2) is 7.09. The van der Waals surface area contributed by atoms with E-state index in [1.165, 1.54) is 29.6 Å². The SMILES string of the molecule is CCN1CCCC1CNCc1cc2c(C)cc(C)cc2n2c(=O)n(C)nc12. The lowest BCUT2D eigenvalue weighted by Crippen LogP contribution is -2.37. The molecule has 1 aliphatic rings. The lowest BCUT2D eigenvalue weighted by molar-refractivity contribution is 0.260. The molecule has 1 atom stereocenters. The molecule has 2 aromatic heterocycles. The average Bonchev–Trinajstić information content (AvgIpc) is 3.20. The van der Waals surface area contributed by atoms with Crippen molar-refractivity contribution >= 4 is 16.6 Å². The molecule has 6 heteroatoms. The van der Waals surface area contributed by atoms with E-state index in [0.29, 0.717) is 6.04 Å². The summed E-state index contributed by atoms with van der Waals surface area (Å²) in [6.45, 7) is 10.4. The van der Waals surface area contributed by atoms with Crippen LogP contribution in [-0.4, -0.2) is 44.8 Å². The minimum atomic E-state index is -0.0881. The predicted octanol–water partition coefficient (Wildman–Crippen LogP) is 2.38. The molecule has 27 heavy (non-hydrogen) atoms. The number of hydrogen-bond donors (Lipinski definition) is 1. The predicted molar refractivity (Wildman–Crippen MR) is 109 cm³/mol. The zero-order valence-corrected chi connectivity index (χ0v) is 16.7. The van der Waals surface area contributed by atoms with Crippen LogP contribution in [0.25, 0.3) is 16.6 Å². The minimum absolute atomic E-state index is 0.0881. The first-order valence-electron chi connectivity index (χ1n) is 9.93. The topological polar surface area (TPSA) is 54.6 Å². The highest BCUT2D eigenvalue weighted by atomic mass is 16.2. The summed E-state index contributed by atoms with van der Waals surface area (Å²) in [4.78, 5) is 15.3. The van der Waals surface area contributed by atoms with Crippen molar-refractivity contribution in [3.63, 3.8) is 0 Å². The highest BCUT2D eigenvalue weighted by Gasteiger charge is 2.22. The lowest BCUT2D eigenvalue weighted by atomic mass is 10.0. The van der Waals surface area contributed by atoms with Crippen molar-refractivity contribution in [2.24, 2.45) is 7.05 Å². The Labute approximate surface area is 159 Å². The smallest absolute Gasteiger partial charge is 0.311 e. The summed E-state index contributed by atoms with van der Waals surface area (Å²) >= 11 is 0. The Kier molecular flexibility index (Phi) is 4.78. The fraction of sp³-hybridized carbons (Fsp3) is 0.524. The van der Waals surface area contributed by atoms with E-state index in [1.54, 1.807) is 11.4 Å². The fourth-order valence-corrected chi connectivity index (χ4v) is 4.50. The summed E-state index contributed by atoms with van der Waals surface area (Å²) in [6, 6.07) is 7.06. The van der Waals surface area contributed by atoms with Crippen LogP contribution in [-0.2, 0) is 13.6 Å². The Hall–Kier alpha value is -2.18. The van der Waals surface area contributed by atoms with Gasteiger partial charge in [0.15, 0.2) is 5.65 Å². The standard InChI is InChI=1S/C21H29N5O/c1-5-25-8-6-7-17(25)13-22-12-16-11-18-15(3)9-14(2)10-19(18)26-20(16)23-24(4)21(26)27/h9-11,17,22H,5-8,12-13H2,1-4H3. The number of hydrogen-bond acceptors (Lipinski definition) is 4. The van der Waals surface area contributed by atoms with E-state index in [0.717, 1.165) is 47.3 Å². The number of aromatic nitrogens is 3. The summed E-state index contributed by atoms with van der Waals surface area (Å²) in [7, 11) is 1.72. The minimum Gasteiger partial charge on any atom is -0.311 e. The van der Waals surface area contributed by atoms with Crippen molar-refractivity contribution in [2.45, 2.75) is 46.2 Å². The number of nitrogens with one attached hydrogen (secondary N) is 1. The van der Waals surface area contributed by atoms with Gasteiger partial charge in [-0.25, -0.2) is 13.9 Å². The molecule has 6 nitrogen and oxygen atoms in total. The van der Waals surface area contributed by atoms with Gasteiger partial charge in [0.2, 0.25) is 0 Å². The lowest BCUT2D eigenvalue weighted by Gasteiger charge is -2.23. The summed E-state index contributed by atoms with van der Waals surface area (Å²) < 4.78 is 3.20. The molecule has 1 aliphatic heterocycles.